The summed E-state index contributed by atoms with van der Waals surface area (Å²) in [6, 6.07) is 14.0. The van der Waals surface area contributed by atoms with Crippen molar-refractivity contribution in [3.05, 3.63) is 69.7 Å². The highest BCUT2D eigenvalue weighted by molar-refractivity contribution is 6.30. The molecule has 2 aromatic carbocycles. The second-order valence-electron chi connectivity index (χ2n) is 6.15. The first kappa shape index (κ1) is 17.5. The molecule has 4 heteroatoms. The number of benzene rings is 2. The summed E-state index contributed by atoms with van der Waals surface area (Å²) in [6.45, 7) is 6.02. The van der Waals surface area contributed by atoms with Gasteiger partial charge in [-0.2, -0.15) is 0 Å². The van der Waals surface area contributed by atoms with E-state index in [0.29, 0.717) is 18.1 Å². The number of halogens is 1. The second kappa shape index (κ2) is 8.14. The standard InChI is InChI=1S/C19H23ClN2O/c1-14-7-8-17(15(2)9-14)12-22(3)13-19(23)21-11-16-5-4-6-18(20)10-16/h4-10H,11-13H2,1-3H3,(H,21,23)/p+1. The van der Waals surface area contributed by atoms with Crippen LogP contribution in [0.2, 0.25) is 5.02 Å². The lowest BCUT2D eigenvalue weighted by atomic mass is 10.1. The summed E-state index contributed by atoms with van der Waals surface area (Å²) in [5.41, 5.74) is 4.85. The van der Waals surface area contributed by atoms with Gasteiger partial charge in [0.1, 0.15) is 6.54 Å². The first-order valence-electron chi connectivity index (χ1n) is 7.82. The molecule has 2 aromatic rings. The number of aryl methyl sites for hydroxylation is 2. The fourth-order valence-electron chi connectivity index (χ4n) is 2.62. The molecular formula is C19H24ClN2O+. The smallest absolute Gasteiger partial charge is 0.275 e. The second-order valence-corrected chi connectivity index (χ2v) is 6.58. The van der Waals surface area contributed by atoms with Crippen molar-refractivity contribution in [2.45, 2.75) is 26.9 Å². The number of quaternary nitrogens is 1. The van der Waals surface area contributed by atoms with Crippen LogP contribution in [-0.4, -0.2) is 19.5 Å². The van der Waals surface area contributed by atoms with Crippen molar-refractivity contribution in [2.24, 2.45) is 0 Å². The summed E-state index contributed by atoms with van der Waals surface area (Å²) < 4.78 is 0. The molecule has 0 spiro atoms. The van der Waals surface area contributed by atoms with Crippen molar-refractivity contribution in [2.75, 3.05) is 13.6 Å². The quantitative estimate of drug-likeness (QED) is 0.836. The van der Waals surface area contributed by atoms with Crippen molar-refractivity contribution in [3.63, 3.8) is 0 Å². The van der Waals surface area contributed by atoms with Crippen molar-refractivity contribution >= 4 is 17.5 Å². The van der Waals surface area contributed by atoms with Gasteiger partial charge in [-0.1, -0.05) is 47.5 Å². The van der Waals surface area contributed by atoms with E-state index >= 15 is 0 Å². The van der Waals surface area contributed by atoms with Gasteiger partial charge in [-0.25, -0.2) is 0 Å². The van der Waals surface area contributed by atoms with Crippen LogP contribution < -0.4 is 10.2 Å². The lowest BCUT2D eigenvalue weighted by molar-refractivity contribution is -0.885. The van der Waals surface area contributed by atoms with Gasteiger partial charge >= 0.3 is 0 Å². The molecule has 3 nitrogen and oxygen atoms in total. The summed E-state index contributed by atoms with van der Waals surface area (Å²) in [6.07, 6.45) is 0. The maximum absolute atomic E-state index is 12.1. The number of hydrogen-bond acceptors (Lipinski definition) is 1. The number of rotatable bonds is 6. The molecule has 0 saturated heterocycles. The Bertz CT molecular complexity index is 685. The molecule has 1 unspecified atom stereocenters. The molecule has 0 aliphatic rings. The summed E-state index contributed by atoms with van der Waals surface area (Å²) >= 11 is 5.94. The van der Waals surface area contributed by atoms with Crippen LogP contribution in [0.25, 0.3) is 0 Å². The zero-order chi connectivity index (χ0) is 16.8. The molecule has 2 N–H and O–H groups in total. The van der Waals surface area contributed by atoms with Crippen LogP contribution in [0.5, 0.6) is 0 Å². The monoisotopic (exact) mass is 331 g/mol. The predicted octanol–water partition coefficient (Wildman–Crippen LogP) is 2.29. The van der Waals surface area contributed by atoms with E-state index in [1.165, 1.54) is 21.6 Å². The van der Waals surface area contributed by atoms with Crippen LogP contribution in [0.3, 0.4) is 0 Å². The molecule has 0 bridgehead atoms. The number of nitrogens with one attached hydrogen (secondary N) is 2. The van der Waals surface area contributed by atoms with Crippen LogP contribution in [-0.2, 0) is 17.9 Å². The van der Waals surface area contributed by atoms with Gasteiger partial charge in [0.15, 0.2) is 6.54 Å². The zero-order valence-corrected chi connectivity index (χ0v) is 14.7. The Balaban J connectivity index is 1.82. The van der Waals surface area contributed by atoms with E-state index < -0.39 is 0 Å². The average molecular weight is 332 g/mol. The maximum Gasteiger partial charge on any atom is 0.275 e. The van der Waals surface area contributed by atoms with Gasteiger partial charge < -0.3 is 10.2 Å². The Morgan fingerprint density at radius 3 is 2.65 bits per heavy atom. The van der Waals surface area contributed by atoms with Crippen LogP contribution >= 0.6 is 11.6 Å². The molecular weight excluding hydrogens is 308 g/mol. The minimum Gasteiger partial charge on any atom is -0.347 e. The van der Waals surface area contributed by atoms with Crippen molar-refractivity contribution in [1.82, 2.24) is 5.32 Å². The maximum atomic E-state index is 12.1. The third kappa shape index (κ3) is 5.70. The topological polar surface area (TPSA) is 33.5 Å². The molecule has 1 amide bonds. The fraction of sp³-hybridized carbons (Fsp3) is 0.316. The van der Waals surface area contributed by atoms with Gasteiger partial charge in [0.25, 0.3) is 5.91 Å². The number of amides is 1. The fourth-order valence-corrected chi connectivity index (χ4v) is 2.83. The van der Waals surface area contributed by atoms with E-state index in [4.69, 9.17) is 11.6 Å². The molecule has 0 fully saturated rings. The molecule has 0 aliphatic heterocycles. The van der Waals surface area contributed by atoms with Gasteiger partial charge in [0.05, 0.1) is 7.05 Å². The summed E-state index contributed by atoms with van der Waals surface area (Å²) in [5, 5.41) is 3.64. The van der Waals surface area contributed by atoms with Crippen LogP contribution in [0.15, 0.2) is 42.5 Å². The summed E-state index contributed by atoms with van der Waals surface area (Å²) in [5.74, 6) is 0.0484. The van der Waals surface area contributed by atoms with Crippen molar-refractivity contribution < 1.29 is 9.69 Å². The van der Waals surface area contributed by atoms with E-state index in [9.17, 15) is 4.79 Å². The number of carbonyl (C=O) groups is 1. The first-order chi connectivity index (χ1) is 10.9. The number of hydrogen-bond donors (Lipinski definition) is 2. The Morgan fingerprint density at radius 2 is 1.96 bits per heavy atom. The minimum absolute atomic E-state index is 0.0484. The third-order valence-corrected chi connectivity index (χ3v) is 4.07. The van der Waals surface area contributed by atoms with E-state index in [1.54, 1.807) is 0 Å². The Hall–Kier alpha value is -1.84. The van der Waals surface area contributed by atoms with E-state index in [0.717, 1.165) is 12.1 Å². The highest BCUT2D eigenvalue weighted by Gasteiger charge is 2.11. The SMILES string of the molecule is Cc1ccc(C[NH+](C)CC(=O)NCc2cccc(Cl)c2)c(C)c1. The van der Waals surface area contributed by atoms with Crippen LogP contribution in [0.4, 0.5) is 0 Å². The van der Waals surface area contributed by atoms with Gasteiger partial charge in [-0.05, 0) is 37.1 Å². The minimum atomic E-state index is 0.0484. The summed E-state index contributed by atoms with van der Waals surface area (Å²) in [7, 11) is 2.04. The number of carbonyl (C=O) groups excluding carboxylic acids is 1. The largest absolute Gasteiger partial charge is 0.347 e. The molecule has 0 aliphatic carbocycles. The normalized spacial score (nSPS) is 12.0. The molecule has 0 radical (unpaired) electrons. The van der Waals surface area contributed by atoms with E-state index in [1.807, 2.05) is 31.3 Å². The Labute approximate surface area is 143 Å². The molecule has 23 heavy (non-hydrogen) atoms. The Kier molecular flexibility index (Phi) is 6.20. The zero-order valence-electron chi connectivity index (χ0n) is 13.9. The molecule has 0 heterocycles. The molecule has 1 atom stereocenters. The lowest BCUT2D eigenvalue weighted by Gasteiger charge is -2.15. The van der Waals surface area contributed by atoms with Gasteiger partial charge in [-0.15, -0.1) is 0 Å². The highest BCUT2D eigenvalue weighted by Crippen LogP contribution is 2.10. The van der Waals surface area contributed by atoms with Crippen LogP contribution in [0, 0.1) is 13.8 Å². The number of likely N-dealkylation sites (N-methyl/N-ethyl adjacent to an activating group) is 1. The van der Waals surface area contributed by atoms with Gasteiger partial charge in [0, 0.05) is 17.1 Å². The van der Waals surface area contributed by atoms with E-state index in [-0.39, 0.29) is 5.91 Å². The average Bonchev–Trinajstić information content (AvgIpc) is 2.48. The van der Waals surface area contributed by atoms with Gasteiger partial charge in [-0.3, -0.25) is 4.79 Å². The highest BCUT2D eigenvalue weighted by atomic mass is 35.5. The first-order valence-corrected chi connectivity index (χ1v) is 8.20. The molecule has 2 rings (SSSR count). The molecule has 0 aromatic heterocycles. The van der Waals surface area contributed by atoms with Crippen molar-refractivity contribution in [3.8, 4) is 0 Å². The van der Waals surface area contributed by atoms with Crippen LogP contribution in [0.1, 0.15) is 22.3 Å². The van der Waals surface area contributed by atoms with Gasteiger partial charge in [0.2, 0.25) is 0 Å². The molecule has 122 valence electrons. The molecule has 0 saturated carbocycles. The van der Waals surface area contributed by atoms with Crippen molar-refractivity contribution in [1.29, 1.82) is 0 Å². The van der Waals surface area contributed by atoms with E-state index in [2.05, 4.69) is 37.4 Å². The lowest BCUT2D eigenvalue weighted by Crippen LogP contribution is -3.08. The summed E-state index contributed by atoms with van der Waals surface area (Å²) in [4.78, 5) is 13.2. The third-order valence-electron chi connectivity index (χ3n) is 3.83. The Morgan fingerprint density at radius 1 is 1.17 bits per heavy atom. The predicted molar refractivity (Wildman–Crippen MR) is 94.7 cm³/mol.